The number of ether oxygens (including phenoxy) is 1. The highest BCUT2D eigenvalue weighted by atomic mass is 32.2. The van der Waals surface area contributed by atoms with E-state index in [9.17, 15) is 27.9 Å². The Morgan fingerprint density at radius 3 is 2.66 bits per heavy atom. The molecule has 0 aliphatic carbocycles. The standard InChI is InChI=1S/C18H22N2O8S/c1-29(25,26)28-9-8-27-7-6-11-2-3-12-13(10-11)18(24)20(17(12)23)14-4-5-15(21)19-16(14)22/h2-3,10,14,17,23H,4-9H2,1H3,(H,19,21,22). The zero-order chi connectivity index (χ0) is 21.2. The number of fused-ring (bicyclic) bond motifs is 1. The summed E-state index contributed by atoms with van der Waals surface area (Å²) in [5.74, 6) is -1.45. The molecule has 2 unspecified atom stereocenters. The number of amides is 3. The van der Waals surface area contributed by atoms with Gasteiger partial charge in [0.25, 0.3) is 16.0 Å². The zero-order valence-corrected chi connectivity index (χ0v) is 16.6. The normalized spacial score (nSPS) is 22.0. The number of aliphatic hydroxyl groups excluding tert-OH is 1. The molecule has 2 aliphatic heterocycles. The van der Waals surface area contributed by atoms with Crippen molar-refractivity contribution in [1.82, 2.24) is 10.2 Å². The summed E-state index contributed by atoms with van der Waals surface area (Å²) in [6.45, 7) is 0.326. The predicted molar refractivity (Wildman–Crippen MR) is 99.1 cm³/mol. The topological polar surface area (TPSA) is 139 Å². The van der Waals surface area contributed by atoms with Crippen molar-refractivity contribution in [3.8, 4) is 0 Å². The molecule has 10 nitrogen and oxygen atoms in total. The Morgan fingerprint density at radius 1 is 1.21 bits per heavy atom. The number of nitrogens with zero attached hydrogens (tertiary/aromatic N) is 1. The van der Waals surface area contributed by atoms with Gasteiger partial charge in [0.1, 0.15) is 6.04 Å². The fourth-order valence-electron chi connectivity index (χ4n) is 3.37. The lowest BCUT2D eigenvalue weighted by Crippen LogP contribution is -2.53. The van der Waals surface area contributed by atoms with E-state index in [0.29, 0.717) is 24.2 Å². The Morgan fingerprint density at radius 2 is 1.97 bits per heavy atom. The molecule has 1 saturated heterocycles. The molecule has 2 heterocycles. The Balaban J connectivity index is 1.60. The Labute approximate surface area is 167 Å². The maximum absolute atomic E-state index is 12.8. The first-order chi connectivity index (χ1) is 13.7. The van der Waals surface area contributed by atoms with Gasteiger partial charge in [-0.3, -0.25) is 28.8 Å². The molecule has 3 rings (SSSR count). The Kier molecular flexibility index (Phi) is 6.32. The molecule has 1 aromatic carbocycles. The number of aliphatic hydroxyl groups is 1. The van der Waals surface area contributed by atoms with Gasteiger partial charge in [0.05, 0.1) is 26.1 Å². The largest absolute Gasteiger partial charge is 0.379 e. The van der Waals surface area contributed by atoms with E-state index in [0.717, 1.165) is 16.7 Å². The van der Waals surface area contributed by atoms with E-state index in [4.69, 9.17) is 4.74 Å². The third-order valence-electron chi connectivity index (χ3n) is 4.73. The maximum Gasteiger partial charge on any atom is 0.264 e. The number of hydrogen-bond acceptors (Lipinski definition) is 8. The monoisotopic (exact) mass is 426 g/mol. The Bertz CT molecular complexity index is 930. The fourth-order valence-corrected chi connectivity index (χ4v) is 3.74. The second-order valence-corrected chi connectivity index (χ2v) is 8.51. The number of nitrogens with one attached hydrogen (secondary N) is 1. The summed E-state index contributed by atoms with van der Waals surface area (Å²) in [4.78, 5) is 37.3. The minimum atomic E-state index is -3.50. The first-order valence-electron chi connectivity index (χ1n) is 9.07. The van der Waals surface area contributed by atoms with Crippen LogP contribution in [0, 0.1) is 0 Å². The number of carbonyl (C=O) groups excluding carboxylic acids is 3. The smallest absolute Gasteiger partial charge is 0.264 e. The molecule has 1 aromatic rings. The third kappa shape index (κ3) is 4.99. The van der Waals surface area contributed by atoms with Gasteiger partial charge in [-0.2, -0.15) is 8.42 Å². The molecule has 29 heavy (non-hydrogen) atoms. The molecule has 11 heteroatoms. The number of piperidine rings is 1. The summed E-state index contributed by atoms with van der Waals surface area (Å²) in [5, 5.41) is 12.7. The highest BCUT2D eigenvalue weighted by molar-refractivity contribution is 7.85. The fraction of sp³-hybridized carbons (Fsp3) is 0.500. The Hall–Kier alpha value is -2.34. The van der Waals surface area contributed by atoms with Crippen LogP contribution < -0.4 is 5.32 Å². The van der Waals surface area contributed by atoms with E-state index < -0.39 is 40.1 Å². The van der Waals surface area contributed by atoms with Gasteiger partial charge >= 0.3 is 0 Å². The molecular weight excluding hydrogens is 404 g/mol. The van der Waals surface area contributed by atoms with Gasteiger partial charge in [-0.25, -0.2) is 0 Å². The molecule has 3 amide bonds. The summed E-state index contributed by atoms with van der Waals surface area (Å²) in [7, 11) is -3.50. The van der Waals surface area contributed by atoms with Crippen LogP contribution in [0.2, 0.25) is 0 Å². The number of imide groups is 1. The molecule has 0 bridgehead atoms. The minimum absolute atomic E-state index is 0.0748. The van der Waals surface area contributed by atoms with E-state index in [1.54, 1.807) is 18.2 Å². The van der Waals surface area contributed by atoms with Crippen LogP contribution in [0.5, 0.6) is 0 Å². The molecular formula is C18H22N2O8S. The number of benzene rings is 1. The molecule has 0 aromatic heterocycles. The van der Waals surface area contributed by atoms with Crippen LogP contribution in [0.4, 0.5) is 0 Å². The van der Waals surface area contributed by atoms with Gasteiger partial charge in [0, 0.05) is 17.5 Å². The van der Waals surface area contributed by atoms with Crippen LogP contribution in [0.25, 0.3) is 0 Å². The lowest BCUT2D eigenvalue weighted by atomic mass is 10.0. The molecule has 158 valence electrons. The number of carbonyl (C=O) groups is 3. The SMILES string of the molecule is CS(=O)(=O)OCCOCCc1ccc2c(c1)C(=O)N(C1CCC(=O)NC1=O)C2O. The van der Waals surface area contributed by atoms with Crippen molar-refractivity contribution in [3.63, 3.8) is 0 Å². The van der Waals surface area contributed by atoms with Crippen molar-refractivity contribution in [3.05, 3.63) is 34.9 Å². The van der Waals surface area contributed by atoms with Crippen molar-refractivity contribution in [2.24, 2.45) is 0 Å². The molecule has 0 saturated carbocycles. The molecule has 2 N–H and O–H groups in total. The second kappa shape index (κ2) is 8.57. The van der Waals surface area contributed by atoms with Crippen molar-refractivity contribution >= 4 is 27.8 Å². The molecule has 0 radical (unpaired) electrons. The van der Waals surface area contributed by atoms with Crippen LogP contribution in [0.15, 0.2) is 18.2 Å². The molecule has 1 fully saturated rings. The first kappa shape index (κ1) is 21.4. The van der Waals surface area contributed by atoms with E-state index in [2.05, 4.69) is 9.50 Å². The number of hydrogen-bond donors (Lipinski definition) is 2. The van der Waals surface area contributed by atoms with Crippen molar-refractivity contribution in [2.75, 3.05) is 26.1 Å². The van der Waals surface area contributed by atoms with E-state index in [1.807, 2.05) is 0 Å². The molecule has 2 aliphatic rings. The number of rotatable bonds is 8. The van der Waals surface area contributed by atoms with Crippen LogP contribution in [0.3, 0.4) is 0 Å². The lowest BCUT2D eigenvalue weighted by Gasteiger charge is -2.31. The minimum Gasteiger partial charge on any atom is -0.379 e. The van der Waals surface area contributed by atoms with Crippen molar-refractivity contribution in [1.29, 1.82) is 0 Å². The molecule has 0 spiro atoms. The summed E-state index contributed by atoms with van der Waals surface area (Å²) in [6.07, 6.45) is 0.446. The van der Waals surface area contributed by atoms with Gasteiger partial charge < -0.3 is 9.84 Å². The summed E-state index contributed by atoms with van der Waals surface area (Å²) in [6, 6.07) is 4.12. The van der Waals surface area contributed by atoms with E-state index >= 15 is 0 Å². The molecule has 2 atom stereocenters. The average Bonchev–Trinajstić information content (AvgIpc) is 2.88. The van der Waals surface area contributed by atoms with E-state index in [1.165, 1.54) is 0 Å². The zero-order valence-electron chi connectivity index (χ0n) is 15.8. The highest BCUT2D eigenvalue weighted by Gasteiger charge is 2.44. The third-order valence-corrected chi connectivity index (χ3v) is 5.33. The summed E-state index contributed by atoms with van der Waals surface area (Å²) < 4.78 is 31.6. The quantitative estimate of drug-likeness (QED) is 0.321. The van der Waals surface area contributed by atoms with Gasteiger partial charge in [0.15, 0.2) is 6.23 Å². The van der Waals surface area contributed by atoms with Gasteiger partial charge in [-0.1, -0.05) is 12.1 Å². The van der Waals surface area contributed by atoms with Crippen LogP contribution in [0.1, 0.15) is 40.6 Å². The van der Waals surface area contributed by atoms with Gasteiger partial charge in [-0.15, -0.1) is 0 Å². The van der Waals surface area contributed by atoms with Crippen LogP contribution in [-0.2, 0) is 35.0 Å². The highest BCUT2D eigenvalue weighted by Crippen LogP contribution is 2.35. The van der Waals surface area contributed by atoms with Crippen molar-refractivity contribution in [2.45, 2.75) is 31.5 Å². The van der Waals surface area contributed by atoms with E-state index in [-0.39, 0.29) is 26.1 Å². The lowest BCUT2D eigenvalue weighted by molar-refractivity contribution is -0.139. The summed E-state index contributed by atoms with van der Waals surface area (Å²) in [5.41, 5.74) is 1.50. The van der Waals surface area contributed by atoms with Crippen molar-refractivity contribution < 1.29 is 36.8 Å². The average molecular weight is 426 g/mol. The first-order valence-corrected chi connectivity index (χ1v) is 10.9. The predicted octanol–water partition coefficient (Wildman–Crippen LogP) is -0.526. The summed E-state index contributed by atoms with van der Waals surface area (Å²) >= 11 is 0. The van der Waals surface area contributed by atoms with Crippen LogP contribution in [-0.4, -0.2) is 68.3 Å². The van der Waals surface area contributed by atoms with Gasteiger partial charge in [0.2, 0.25) is 11.8 Å². The van der Waals surface area contributed by atoms with Gasteiger partial charge in [-0.05, 0) is 24.5 Å². The van der Waals surface area contributed by atoms with Crippen LogP contribution >= 0.6 is 0 Å². The maximum atomic E-state index is 12.8. The second-order valence-electron chi connectivity index (χ2n) is 6.86.